The minimum Gasteiger partial charge on any atom is -0.493 e. The van der Waals surface area contributed by atoms with Gasteiger partial charge in [0.1, 0.15) is 5.69 Å². The number of imidazole rings is 1. The number of aromatic carboxylic acids is 1. The van der Waals surface area contributed by atoms with Gasteiger partial charge in [-0.3, -0.25) is 14.1 Å². The van der Waals surface area contributed by atoms with Gasteiger partial charge in [0.2, 0.25) is 0 Å². The lowest BCUT2D eigenvalue weighted by atomic mass is 10.2. The monoisotopic (exact) mass is 383 g/mol. The van der Waals surface area contributed by atoms with Gasteiger partial charge in [0, 0.05) is 18.8 Å². The van der Waals surface area contributed by atoms with E-state index < -0.39 is 5.97 Å². The molecule has 0 aliphatic heterocycles. The SMILES string of the molecule is COc1ccnc(Cn2c(=O)n(CC3CC3)c3ccc(C(=O)O)cc32)c1OC. The van der Waals surface area contributed by atoms with Crippen LogP contribution in [0.2, 0.25) is 0 Å². The molecule has 146 valence electrons. The van der Waals surface area contributed by atoms with Crippen LogP contribution in [0, 0.1) is 5.92 Å². The van der Waals surface area contributed by atoms with Crippen LogP contribution in [-0.4, -0.2) is 39.4 Å². The summed E-state index contributed by atoms with van der Waals surface area (Å²) in [4.78, 5) is 29.0. The van der Waals surface area contributed by atoms with E-state index in [9.17, 15) is 14.7 Å². The van der Waals surface area contributed by atoms with Gasteiger partial charge in [-0.1, -0.05) is 0 Å². The number of benzene rings is 1. The van der Waals surface area contributed by atoms with Crippen LogP contribution in [-0.2, 0) is 13.1 Å². The number of fused-ring (bicyclic) bond motifs is 1. The van der Waals surface area contributed by atoms with Crippen molar-refractivity contribution in [1.82, 2.24) is 14.1 Å². The first-order valence-corrected chi connectivity index (χ1v) is 9.05. The summed E-state index contributed by atoms with van der Waals surface area (Å²) in [5.41, 5.74) is 1.78. The maximum atomic E-state index is 13.2. The third kappa shape index (κ3) is 3.11. The van der Waals surface area contributed by atoms with E-state index in [4.69, 9.17) is 9.47 Å². The smallest absolute Gasteiger partial charge is 0.335 e. The molecule has 0 atom stereocenters. The van der Waals surface area contributed by atoms with E-state index in [1.165, 1.54) is 26.4 Å². The number of ether oxygens (including phenoxy) is 2. The Bertz CT molecular complexity index is 1110. The Morgan fingerprint density at radius 1 is 1.18 bits per heavy atom. The van der Waals surface area contributed by atoms with Crippen molar-refractivity contribution < 1.29 is 19.4 Å². The van der Waals surface area contributed by atoms with Gasteiger partial charge < -0.3 is 14.6 Å². The first kappa shape index (κ1) is 18.1. The number of carboxylic acids is 1. The van der Waals surface area contributed by atoms with E-state index in [0.717, 1.165) is 18.4 Å². The quantitative estimate of drug-likeness (QED) is 0.673. The summed E-state index contributed by atoms with van der Waals surface area (Å²) < 4.78 is 14.0. The predicted molar refractivity (Wildman–Crippen MR) is 102 cm³/mol. The van der Waals surface area contributed by atoms with Crippen molar-refractivity contribution in [2.75, 3.05) is 14.2 Å². The first-order valence-electron chi connectivity index (χ1n) is 9.05. The van der Waals surface area contributed by atoms with Gasteiger partial charge >= 0.3 is 11.7 Å². The lowest BCUT2D eigenvalue weighted by Crippen LogP contribution is -2.25. The van der Waals surface area contributed by atoms with Crippen molar-refractivity contribution in [1.29, 1.82) is 0 Å². The van der Waals surface area contributed by atoms with Crippen molar-refractivity contribution in [3.63, 3.8) is 0 Å². The standard InChI is InChI=1S/C20H21N3O5/c1-27-17-7-8-21-14(18(17)28-2)11-23-16-9-13(19(24)25)5-6-15(16)22(20(23)26)10-12-3-4-12/h5-9,12H,3-4,10-11H2,1-2H3,(H,24,25). The van der Waals surface area contributed by atoms with E-state index in [2.05, 4.69) is 4.98 Å². The summed E-state index contributed by atoms with van der Waals surface area (Å²) >= 11 is 0. The average molecular weight is 383 g/mol. The highest BCUT2D eigenvalue weighted by molar-refractivity contribution is 5.92. The second-order valence-corrected chi connectivity index (χ2v) is 6.92. The molecule has 8 heteroatoms. The van der Waals surface area contributed by atoms with Crippen molar-refractivity contribution >= 4 is 17.0 Å². The maximum absolute atomic E-state index is 13.2. The topological polar surface area (TPSA) is 95.6 Å². The summed E-state index contributed by atoms with van der Waals surface area (Å²) in [7, 11) is 3.05. The Kier molecular flexibility index (Phi) is 4.54. The van der Waals surface area contributed by atoms with Crippen LogP contribution in [0.1, 0.15) is 28.9 Å². The van der Waals surface area contributed by atoms with Crippen molar-refractivity contribution in [3.05, 3.63) is 52.2 Å². The minimum absolute atomic E-state index is 0.135. The Hall–Kier alpha value is -3.29. The van der Waals surface area contributed by atoms with Gasteiger partial charge in [-0.15, -0.1) is 0 Å². The van der Waals surface area contributed by atoms with Crippen molar-refractivity contribution in [3.8, 4) is 11.5 Å². The number of methoxy groups -OCH3 is 2. The van der Waals surface area contributed by atoms with Crippen LogP contribution in [0.4, 0.5) is 0 Å². The van der Waals surface area contributed by atoms with Crippen LogP contribution >= 0.6 is 0 Å². The fourth-order valence-corrected chi connectivity index (χ4v) is 3.45. The van der Waals surface area contributed by atoms with Crippen LogP contribution in [0.3, 0.4) is 0 Å². The summed E-state index contributed by atoms with van der Waals surface area (Å²) in [6, 6.07) is 6.46. The number of hydrogen-bond donors (Lipinski definition) is 1. The molecule has 4 rings (SSSR count). The number of aromatic nitrogens is 3. The van der Waals surface area contributed by atoms with E-state index in [1.807, 2.05) is 0 Å². The summed E-state index contributed by atoms with van der Waals surface area (Å²) in [5.74, 6) is 0.441. The summed E-state index contributed by atoms with van der Waals surface area (Å²) in [6.45, 7) is 0.786. The summed E-state index contributed by atoms with van der Waals surface area (Å²) in [5, 5.41) is 9.36. The molecule has 8 nitrogen and oxygen atoms in total. The molecule has 1 aliphatic carbocycles. The van der Waals surface area contributed by atoms with E-state index in [0.29, 0.717) is 35.2 Å². The number of rotatable bonds is 7. The molecule has 0 amide bonds. The molecule has 3 aromatic rings. The van der Waals surface area contributed by atoms with Crippen molar-refractivity contribution in [2.45, 2.75) is 25.9 Å². The second kappa shape index (κ2) is 7.03. The third-order valence-corrected chi connectivity index (χ3v) is 5.08. The molecular weight excluding hydrogens is 362 g/mol. The number of carbonyl (C=O) groups is 1. The van der Waals surface area contributed by atoms with Gasteiger partial charge in [0.25, 0.3) is 0 Å². The van der Waals surface area contributed by atoms with Gasteiger partial charge in [-0.25, -0.2) is 9.59 Å². The van der Waals surface area contributed by atoms with Gasteiger partial charge in [0.15, 0.2) is 11.5 Å². The number of hydrogen-bond acceptors (Lipinski definition) is 5. The first-order chi connectivity index (χ1) is 13.5. The second-order valence-electron chi connectivity index (χ2n) is 6.92. The third-order valence-electron chi connectivity index (χ3n) is 5.08. The number of pyridine rings is 1. The molecule has 0 spiro atoms. The molecule has 28 heavy (non-hydrogen) atoms. The molecule has 0 unspecified atom stereocenters. The Morgan fingerprint density at radius 2 is 1.96 bits per heavy atom. The zero-order chi connectivity index (χ0) is 19.8. The average Bonchev–Trinajstić information content (AvgIpc) is 3.49. The van der Waals surface area contributed by atoms with Crippen LogP contribution in [0.25, 0.3) is 11.0 Å². The Labute approximate surface area is 160 Å². The largest absolute Gasteiger partial charge is 0.493 e. The summed E-state index contributed by atoms with van der Waals surface area (Å²) in [6.07, 6.45) is 3.81. The van der Waals surface area contributed by atoms with Crippen LogP contribution < -0.4 is 15.2 Å². The zero-order valence-electron chi connectivity index (χ0n) is 15.7. The molecule has 1 aliphatic rings. The minimum atomic E-state index is -1.03. The molecule has 0 bridgehead atoms. The van der Waals surface area contributed by atoms with Gasteiger partial charge in [0.05, 0.1) is 37.4 Å². The van der Waals surface area contributed by atoms with E-state index >= 15 is 0 Å². The fourth-order valence-electron chi connectivity index (χ4n) is 3.45. The molecule has 0 saturated heterocycles. The van der Waals surface area contributed by atoms with Crippen LogP contribution in [0.5, 0.6) is 11.5 Å². The molecule has 1 N–H and O–H groups in total. The zero-order valence-corrected chi connectivity index (χ0v) is 15.7. The normalized spacial score (nSPS) is 13.6. The fraction of sp³-hybridized carbons (Fsp3) is 0.350. The highest BCUT2D eigenvalue weighted by Gasteiger charge is 2.25. The lowest BCUT2D eigenvalue weighted by Gasteiger charge is -2.12. The lowest BCUT2D eigenvalue weighted by molar-refractivity contribution is 0.0697. The molecule has 2 aromatic heterocycles. The predicted octanol–water partition coefficient (Wildman–Crippen LogP) is 2.37. The number of carboxylic acid groups (broad SMARTS) is 1. The van der Waals surface area contributed by atoms with Gasteiger partial charge in [-0.2, -0.15) is 0 Å². The molecule has 1 aromatic carbocycles. The molecule has 1 fully saturated rings. The van der Waals surface area contributed by atoms with Crippen LogP contribution in [0.15, 0.2) is 35.3 Å². The van der Waals surface area contributed by atoms with E-state index in [1.54, 1.807) is 27.5 Å². The molecule has 2 heterocycles. The Balaban J connectivity index is 1.88. The van der Waals surface area contributed by atoms with Gasteiger partial charge in [-0.05, 0) is 37.0 Å². The van der Waals surface area contributed by atoms with E-state index in [-0.39, 0.29) is 17.8 Å². The molecule has 0 radical (unpaired) electrons. The Morgan fingerprint density at radius 3 is 2.61 bits per heavy atom. The maximum Gasteiger partial charge on any atom is 0.335 e. The van der Waals surface area contributed by atoms with Crippen molar-refractivity contribution in [2.24, 2.45) is 5.92 Å². The highest BCUT2D eigenvalue weighted by Crippen LogP contribution is 2.32. The highest BCUT2D eigenvalue weighted by atomic mass is 16.5. The molecular formula is C20H21N3O5. The molecule has 1 saturated carbocycles. The number of nitrogens with zero attached hydrogens (tertiary/aromatic N) is 3.